The monoisotopic (exact) mass is 427 g/mol. The Kier molecular flexibility index (Phi) is 6.83. The van der Waals surface area contributed by atoms with Crippen LogP contribution in [0.1, 0.15) is 44.4 Å². The third-order valence-electron chi connectivity index (χ3n) is 4.86. The average Bonchev–Trinajstić information content (AvgIpc) is 2.97. The van der Waals surface area contributed by atoms with Crippen LogP contribution in [-0.2, 0) is 9.59 Å². The molecule has 1 fully saturated rings. The fraction of sp³-hybridized carbons (Fsp3) is 0.333. The highest BCUT2D eigenvalue weighted by Crippen LogP contribution is 2.40. The van der Waals surface area contributed by atoms with Crippen molar-refractivity contribution in [2.24, 2.45) is 5.92 Å². The number of hydrogen-bond acceptors (Lipinski definition) is 4. The highest BCUT2D eigenvalue weighted by molar-refractivity contribution is 6.46. The van der Waals surface area contributed by atoms with E-state index >= 15 is 0 Å². The average molecular weight is 428 g/mol. The number of Topliss-reactive ketones (excluding diaryl/α,β-unsaturated/α-hetero) is 1. The molecule has 0 aliphatic carbocycles. The molecule has 1 unspecified atom stereocenters. The first-order valence-corrected chi connectivity index (χ1v) is 10.5. The molecule has 0 bridgehead atoms. The Morgan fingerprint density at radius 1 is 1.17 bits per heavy atom. The zero-order chi connectivity index (χ0) is 21.8. The number of ether oxygens (including phenoxy) is 1. The lowest BCUT2D eigenvalue weighted by Gasteiger charge is -2.25. The number of carbonyl (C=O) groups excluding carboxylic acids is 2. The van der Waals surface area contributed by atoms with Gasteiger partial charge in [-0.25, -0.2) is 0 Å². The van der Waals surface area contributed by atoms with E-state index in [1.807, 2.05) is 31.2 Å². The van der Waals surface area contributed by atoms with Crippen molar-refractivity contribution in [2.75, 3.05) is 13.2 Å². The molecule has 30 heavy (non-hydrogen) atoms. The molecule has 0 saturated carbocycles. The smallest absolute Gasteiger partial charge is 0.295 e. The quantitative estimate of drug-likeness (QED) is 0.374. The van der Waals surface area contributed by atoms with Crippen molar-refractivity contribution in [2.45, 2.75) is 33.2 Å². The van der Waals surface area contributed by atoms with E-state index in [0.29, 0.717) is 47.4 Å². The van der Waals surface area contributed by atoms with Crippen LogP contribution in [0.2, 0.25) is 5.02 Å². The molecule has 1 heterocycles. The molecule has 158 valence electrons. The molecule has 1 aliphatic heterocycles. The Morgan fingerprint density at radius 2 is 1.90 bits per heavy atom. The second kappa shape index (κ2) is 9.35. The lowest BCUT2D eigenvalue weighted by Crippen LogP contribution is -2.30. The van der Waals surface area contributed by atoms with Crippen molar-refractivity contribution in [1.82, 2.24) is 4.90 Å². The van der Waals surface area contributed by atoms with E-state index in [9.17, 15) is 14.7 Å². The van der Waals surface area contributed by atoms with Gasteiger partial charge in [-0.1, -0.05) is 56.6 Å². The summed E-state index contributed by atoms with van der Waals surface area (Å²) in [7, 11) is 0. The van der Waals surface area contributed by atoms with Crippen LogP contribution in [-0.4, -0.2) is 34.8 Å². The van der Waals surface area contributed by atoms with Crippen LogP contribution in [0.15, 0.2) is 54.1 Å². The van der Waals surface area contributed by atoms with Gasteiger partial charge in [-0.2, -0.15) is 0 Å². The third-order valence-corrected chi connectivity index (χ3v) is 5.09. The second-order valence-electron chi connectivity index (χ2n) is 7.78. The van der Waals surface area contributed by atoms with Crippen molar-refractivity contribution in [3.05, 3.63) is 70.3 Å². The SMILES string of the molecule is CCCN1C(=O)C(=O)/C(=C(\O)c2cccc(Cl)c2)C1c1cccc(OCC(C)C)c1. The number of carbonyl (C=O) groups is 2. The van der Waals surface area contributed by atoms with Gasteiger partial charge in [-0.15, -0.1) is 0 Å². The molecule has 6 heteroatoms. The van der Waals surface area contributed by atoms with Gasteiger partial charge in [0.05, 0.1) is 18.2 Å². The summed E-state index contributed by atoms with van der Waals surface area (Å²) >= 11 is 6.06. The number of likely N-dealkylation sites (tertiary alicyclic amines) is 1. The molecule has 0 radical (unpaired) electrons. The Morgan fingerprint density at radius 3 is 2.57 bits per heavy atom. The molecule has 1 aliphatic rings. The largest absolute Gasteiger partial charge is 0.507 e. The molecular weight excluding hydrogens is 402 g/mol. The topological polar surface area (TPSA) is 66.8 Å². The van der Waals surface area contributed by atoms with E-state index < -0.39 is 17.7 Å². The number of nitrogens with zero attached hydrogens (tertiary/aromatic N) is 1. The highest BCUT2D eigenvalue weighted by atomic mass is 35.5. The van der Waals surface area contributed by atoms with Crippen molar-refractivity contribution >= 4 is 29.1 Å². The van der Waals surface area contributed by atoms with Gasteiger partial charge in [0.25, 0.3) is 11.7 Å². The standard InChI is InChI=1S/C24H26ClNO4/c1-4-11-26-21(16-7-6-10-19(13-16)30-14-15(2)3)20(23(28)24(26)29)22(27)17-8-5-9-18(25)12-17/h5-10,12-13,15,21,27H,4,11,14H2,1-3H3/b22-20-. The van der Waals surface area contributed by atoms with Crippen LogP contribution >= 0.6 is 11.6 Å². The minimum absolute atomic E-state index is 0.0664. The Balaban J connectivity index is 2.11. The molecule has 1 atom stereocenters. The maximum atomic E-state index is 12.9. The van der Waals surface area contributed by atoms with E-state index in [1.165, 1.54) is 4.90 Å². The van der Waals surface area contributed by atoms with Crippen molar-refractivity contribution < 1.29 is 19.4 Å². The van der Waals surface area contributed by atoms with Gasteiger partial charge in [0.1, 0.15) is 11.5 Å². The number of halogens is 1. The molecule has 2 aromatic carbocycles. The Bertz CT molecular complexity index is 983. The second-order valence-corrected chi connectivity index (χ2v) is 8.22. The van der Waals surface area contributed by atoms with Crippen LogP contribution in [0.3, 0.4) is 0 Å². The number of rotatable bonds is 7. The lowest BCUT2D eigenvalue weighted by atomic mass is 9.95. The molecule has 5 nitrogen and oxygen atoms in total. The van der Waals surface area contributed by atoms with Crippen LogP contribution in [0.4, 0.5) is 0 Å². The lowest BCUT2D eigenvalue weighted by molar-refractivity contribution is -0.139. The molecule has 2 aromatic rings. The minimum atomic E-state index is -0.695. The van der Waals surface area contributed by atoms with Crippen LogP contribution in [0, 0.1) is 5.92 Å². The zero-order valence-corrected chi connectivity index (χ0v) is 18.1. The van der Waals surface area contributed by atoms with E-state index in [0.717, 1.165) is 0 Å². The fourth-order valence-electron chi connectivity index (χ4n) is 3.53. The van der Waals surface area contributed by atoms with Crippen LogP contribution in [0.25, 0.3) is 5.76 Å². The zero-order valence-electron chi connectivity index (χ0n) is 17.4. The summed E-state index contributed by atoms with van der Waals surface area (Å²) in [6.07, 6.45) is 0.685. The molecule has 0 aromatic heterocycles. The summed E-state index contributed by atoms with van der Waals surface area (Å²) in [5, 5.41) is 11.4. The van der Waals surface area contributed by atoms with Gasteiger partial charge in [0.15, 0.2) is 0 Å². The van der Waals surface area contributed by atoms with E-state index in [1.54, 1.807) is 24.3 Å². The fourth-order valence-corrected chi connectivity index (χ4v) is 3.72. The highest BCUT2D eigenvalue weighted by Gasteiger charge is 2.45. The van der Waals surface area contributed by atoms with E-state index in [4.69, 9.17) is 16.3 Å². The van der Waals surface area contributed by atoms with Gasteiger partial charge in [0.2, 0.25) is 0 Å². The number of benzene rings is 2. The maximum absolute atomic E-state index is 12.9. The molecule has 1 N–H and O–H groups in total. The first-order chi connectivity index (χ1) is 14.3. The predicted octanol–water partition coefficient (Wildman–Crippen LogP) is 5.21. The van der Waals surface area contributed by atoms with Gasteiger partial charge >= 0.3 is 0 Å². The minimum Gasteiger partial charge on any atom is -0.507 e. The number of aliphatic hydroxyl groups is 1. The predicted molar refractivity (Wildman–Crippen MR) is 118 cm³/mol. The summed E-state index contributed by atoms with van der Waals surface area (Å²) in [5.74, 6) is -0.514. The van der Waals surface area contributed by atoms with Crippen LogP contribution in [0.5, 0.6) is 5.75 Å². The molecule has 3 rings (SSSR count). The number of amides is 1. The summed E-state index contributed by atoms with van der Waals surface area (Å²) in [4.78, 5) is 27.2. The number of ketones is 1. The molecular formula is C24H26ClNO4. The maximum Gasteiger partial charge on any atom is 0.295 e. The van der Waals surface area contributed by atoms with Crippen molar-refractivity contribution in [3.63, 3.8) is 0 Å². The Hall–Kier alpha value is -2.79. The van der Waals surface area contributed by atoms with E-state index in [-0.39, 0.29) is 11.3 Å². The Labute approximate surface area is 181 Å². The third kappa shape index (κ3) is 4.51. The van der Waals surface area contributed by atoms with Crippen LogP contribution < -0.4 is 4.74 Å². The summed E-state index contributed by atoms with van der Waals surface area (Å²) in [6.45, 7) is 7.02. The molecule has 1 saturated heterocycles. The molecule has 0 spiro atoms. The summed E-state index contributed by atoms with van der Waals surface area (Å²) < 4.78 is 5.83. The van der Waals surface area contributed by atoms with Gasteiger partial charge in [-0.05, 0) is 42.2 Å². The molecule has 1 amide bonds. The van der Waals surface area contributed by atoms with Gasteiger partial charge in [-0.3, -0.25) is 9.59 Å². The summed E-state index contributed by atoms with van der Waals surface area (Å²) in [6, 6.07) is 13.3. The number of hydrogen-bond donors (Lipinski definition) is 1. The van der Waals surface area contributed by atoms with Gasteiger partial charge in [0, 0.05) is 17.1 Å². The van der Waals surface area contributed by atoms with Crippen molar-refractivity contribution in [3.8, 4) is 5.75 Å². The first-order valence-electron chi connectivity index (χ1n) is 10.1. The normalized spacial score (nSPS) is 18.3. The summed E-state index contributed by atoms with van der Waals surface area (Å²) in [5.41, 5.74) is 1.18. The number of aliphatic hydroxyl groups excluding tert-OH is 1. The first kappa shape index (κ1) is 21.9. The van der Waals surface area contributed by atoms with Gasteiger partial charge < -0.3 is 14.7 Å². The van der Waals surface area contributed by atoms with E-state index in [2.05, 4.69) is 13.8 Å². The van der Waals surface area contributed by atoms with Crippen molar-refractivity contribution in [1.29, 1.82) is 0 Å².